The van der Waals surface area contributed by atoms with Crippen molar-refractivity contribution in [2.75, 3.05) is 5.32 Å². The van der Waals surface area contributed by atoms with Gasteiger partial charge in [0.15, 0.2) is 0 Å². The van der Waals surface area contributed by atoms with Crippen LogP contribution in [0.2, 0.25) is 0 Å². The maximum absolute atomic E-state index is 12.3. The molecule has 3 aromatic carbocycles. The third kappa shape index (κ3) is 3.91. The minimum Gasteiger partial charge on any atom is -0.349 e. The number of amides is 2. The highest BCUT2D eigenvalue weighted by Gasteiger charge is 2.23. The minimum atomic E-state index is -0.0736. The number of hydrogen-bond donors (Lipinski definition) is 2. The van der Waals surface area contributed by atoms with E-state index in [0.717, 1.165) is 29.2 Å². The van der Waals surface area contributed by atoms with Gasteiger partial charge in [-0.2, -0.15) is 0 Å². The molecule has 0 heterocycles. The first-order valence-electron chi connectivity index (χ1n) is 8.86. The van der Waals surface area contributed by atoms with Gasteiger partial charge in [-0.15, -0.1) is 0 Å². The summed E-state index contributed by atoms with van der Waals surface area (Å²) in [5.41, 5.74) is 2.28. The lowest BCUT2D eigenvalue weighted by Gasteiger charge is -2.08. The van der Waals surface area contributed by atoms with Crippen molar-refractivity contribution >= 4 is 28.3 Å². The Morgan fingerprint density at radius 1 is 0.885 bits per heavy atom. The van der Waals surface area contributed by atoms with E-state index in [2.05, 4.69) is 16.7 Å². The number of fused-ring (bicyclic) bond motifs is 1. The van der Waals surface area contributed by atoms with Gasteiger partial charge in [-0.05, 0) is 53.4 Å². The lowest BCUT2D eigenvalue weighted by Crippen LogP contribution is -2.25. The second-order valence-electron chi connectivity index (χ2n) is 6.73. The van der Waals surface area contributed by atoms with Gasteiger partial charge in [0.05, 0.1) is 6.42 Å². The number of benzene rings is 3. The molecule has 0 atom stereocenters. The molecule has 1 aliphatic carbocycles. The van der Waals surface area contributed by atoms with Gasteiger partial charge in [0.25, 0.3) is 5.91 Å². The van der Waals surface area contributed by atoms with Crippen molar-refractivity contribution in [3.8, 4) is 0 Å². The largest absolute Gasteiger partial charge is 0.349 e. The Labute approximate surface area is 152 Å². The molecule has 0 radical (unpaired) electrons. The van der Waals surface area contributed by atoms with Crippen LogP contribution < -0.4 is 10.6 Å². The SMILES string of the molecule is O=C(Cc1ccc2ccccc2c1)Nc1ccc(C(=O)NC2CC2)cc1. The molecule has 1 aliphatic rings. The number of nitrogens with one attached hydrogen (secondary N) is 2. The van der Waals surface area contributed by atoms with Crippen LogP contribution >= 0.6 is 0 Å². The second-order valence-corrected chi connectivity index (χ2v) is 6.73. The predicted octanol–water partition coefficient (Wildman–Crippen LogP) is 3.91. The van der Waals surface area contributed by atoms with Gasteiger partial charge in [-0.25, -0.2) is 0 Å². The molecule has 4 rings (SSSR count). The highest BCUT2D eigenvalue weighted by atomic mass is 16.2. The fourth-order valence-corrected chi connectivity index (χ4v) is 2.94. The van der Waals surface area contributed by atoms with Gasteiger partial charge < -0.3 is 10.6 Å². The van der Waals surface area contributed by atoms with Gasteiger partial charge in [-0.1, -0.05) is 42.5 Å². The van der Waals surface area contributed by atoms with E-state index in [-0.39, 0.29) is 11.8 Å². The van der Waals surface area contributed by atoms with Gasteiger partial charge in [0.2, 0.25) is 5.91 Å². The van der Waals surface area contributed by atoms with Crippen LogP contribution in [-0.2, 0) is 11.2 Å². The maximum Gasteiger partial charge on any atom is 0.251 e. The molecule has 3 aromatic rings. The summed E-state index contributed by atoms with van der Waals surface area (Å²) >= 11 is 0. The zero-order valence-electron chi connectivity index (χ0n) is 14.4. The molecule has 0 aromatic heterocycles. The van der Waals surface area contributed by atoms with Crippen LogP contribution in [0.25, 0.3) is 10.8 Å². The zero-order valence-corrected chi connectivity index (χ0v) is 14.4. The number of anilines is 1. The fourth-order valence-electron chi connectivity index (χ4n) is 2.94. The molecule has 1 fully saturated rings. The second kappa shape index (κ2) is 7.00. The van der Waals surface area contributed by atoms with E-state index in [0.29, 0.717) is 23.7 Å². The summed E-state index contributed by atoms with van der Waals surface area (Å²) in [6, 6.07) is 21.5. The van der Waals surface area contributed by atoms with Crippen molar-refractivity contribution in [2.24, 2.45) is 0 Å². The van der Waals surface area contributed by atoms with E-state index >= 15 is 0 Å². The number of rotatable bonds is 5. The first kappa shape index (κ1) is 16.3. The Kier molecular flexibility index (Phi) is 4.40. The number of carbonyl (C=O) groups excluding carboxylic acids is 2. The molecule has 2 N–H and O–H groups in total. The molecule has 1 saturated carbocycles. The monoisotopic (exact) mass is 344 g/mol. The standard InChI is InChI=1S/C22H20N2O2/c25-21(14-15-5-6-16-3-1-2-4-18(16)13-15)23-19-9-7-17(8-10-19)22(26)24-20-11-12-20/h1-10,13,20H,11-12,14H2,(H,23,25)(H,24,26). The van der Waals surface area contributed by atoms with Crippen molar-refractivity contribution in [3.63, 3.8) is 0 Å². The Balaban J connectivity index is 1.38. The van der Waals surface area contributed by atoms with Gasteiger partial charge >= 0.3 is 0 Å². The first-order chi connectivity index (χ1) is 12.7. The van der Waals surface area contributed by atoms with Gasteiger partial charge in [0.1, 0.15) is 0 Å². The highest BCUT2D eigenvalue weighted by Crippen LogP contribution is 2.20. The van der Waals surface area contributed by atoms with Gasteiger partial charge in [-0.3, -0.25) is 9.59 Å². The third-order valence-corrected chi connectivity index (χ3v) is 4.52. The van der Waals surface area contributed by atoms with E-state index < -0.39 is 0 Å². The van der Waals surface area contributed by atoms with Crippen molar-refractivity contribution < 1.29 is 9.59 Å². The molecule has 0 bridgehead atoms. The molecule has 0 spiro atoms. The molecule has 4 heteroatoms. The minimum absolute atomic E-state index is 0.0541. The van der Waals surface area contributed by atoms with Crippen molar-refractivity contribution in [1.29, 1.82) is 0 Å². The van der Waals surface area contributed by atoms with E-state index in [1.54, 1.807) is 24.3 Å². The Morgan fingerprint density at radius 2 is 1.62 bits per heavy atom. The van der Waals surface area contributed by atoms with Crippen LogP contribution in [0.15, 0.2) is 66.7 Å². The summed E-state index contributed by atoms with van der Waals surface area (Å²) in [6.07, 6.45) is 2.44. The molecule has 0 saturated heterocycles. The highest BCUT2D eigenvalue weighted by molar-refractivity contribution is 5.96. The summed E-state index contributed by atoms with van der Waals surface area (Å²) in [4.78, 5) is 24.3. The third-order valence-electron chi connectivity index (χ3n) is 4.52. The number of carbonyl (C=O) groups is 2. The molecule has 0 aliphatic heterocycles. The van der Waals surface area contributed by atoms with E-state index in [4.69, 9.17) is 0 Å². The summed E-state index contributed by atoms with van der Waals surface area (Å²) in [5.74, 6) is -0.128. The molecule has 26 heavy (non-hydrogen) atoms. The van der Waals surface area contributed by atoms with Crippen molar-refractivity contribution in [3.05, 3.63) is 77.9 Å². The molecular formula is C22H20N2O2. The summed E-state index contributed by atoms with van der Waals surface area (Å²) in [5, 5.41) is 8.13. The molecular weight excluding hydrogens is 324 g/mol. The average Bonchev–Trinajstić information content (AvgIpc) is 3.46. The summed E-state index contributed by atoms with van der Waals surface area (Å²) < 4.78 is 0. The van der Waals surface area contributed by atoms with Crippen LogP contribution in [0, 0.1) is 0 Å². The average molecular weight is 344 g/mol. The first-order valence-corrected chi connectivity index (χ1v) is 8.86. The van der Waals surface area contributed by atoms with E-state index in [9.17, 15) is 9.59 Å². The quantitative estimate of drug-likeness (QED) is 0.737. The molecule has 0 unspecified atom stereocenters. The smallest absolute Gasteiger partial charge is 0.251 e. The maximum atomic E-state index is 12.3. The summed E-state index contributed by atoms with van der Waals surface area (Å²) in [7, 11) is 0. The molecule has 4 nitrogen and oxygen atoms in total. The van der Waals surface area contributed by atoms with Crippen LogP contribution in [-0.4, -0.2) is 17.9 Å². The van der Waals surface area contributed by atoms with Crippen LogP contribution in [0.3, 0.4) is 0 Å². The normalized spacial score (nSPS) is 13.4. The molecule has 2 amide bonds. The van der Waals surface area contributed by atoms with Crippen LogP contribution in [0.5, 0.6) is 0 Å². The van der Waals surface area contributed by atoms with E-state index in [1.165, 1.54) is 0 Å². The fraction of sp³-hybridized carbons (Fsp3) is 0.182. The predicted molar refractivity (Wildman–Crippen MR) is 103 cm³/mol. The Bertz CT molecular complexity index is 959. The Morgan fingerprint density at radius 3 is 2.35 bits per heavy atom. The van der Waals surface area contributed by atoms with Crippen molar-refractivity contribution in [2.45, 2.75) is 25.3 Å². The van der Waals surface area contributed by atoms with E-state index in [1.807, 2.05) is 36.4 Å². The van der Waals surface area contributed by atoms with Gasteiger partial charge in [0, 0.05) is 17.3 Å². The van der Waals surface area contributed by atoms with Crippen LogP contribution in [0.1, 0.15) is 28.8 Å². The lowest BCUT2D eigenvalue weighted by molar-refractivity contribution is -0.115. The lowest BCUT2D eigenvalue weighted by atomic mass is 10.0. The number of hydrogen-bond acceptors (Lipinski definition) is 2. The van der Waals surface area contributed by atoms with Crippen LogP contribution in [0.4, 0.5) is 5.69 Å². The molecule has 130 valence electrons. The topological polar surface area (TPSA) is 58.2 Å². The zero-order chi connectivity index (χ0) is 17.9. The van der Waals surface area contributed by atoms with Crippen molar-refractivity contribution in [1.82, 2.24) is 5.32 Å². The summed E-state index contributed by atoms with van der Waals surface area (Å²) in [6.45, 7) is 0. The Hall–Kier alpha value is -3.14.